The second-order valence-electron chi connectivity index (χ2n) is 7.21. The quantitative estimate of drug-likeness (QED) is 0.498. The third kappa shape index (κ3) is 3.38. The molecule has 0 saturated heterocycles. The minimum atomic E-state index is -0.0460. The van der Waals surface area contributed by atoms with E-state index in [-0.39, 0.29) is 12.3 Å². The number of carbonyl (C=O) groups excluding carboxylic acids is 1. The Hall–Kier alpha value is -3.18. The van der Waals surface area contributed by atoms with E-state index in [2.05, 4.69) is 34.6 Å². The van der Waals surface area contributed by atoms with Crippen LogP contribution < -0.4 is 10.1 Å². The van der Waals surface area contributed by atoms with Gasteiger partial charge in [-0.1, -0.05) is 24.3 Å². The third-order valence-electron chi connectivity index (χ3n) is 5.38. The lowest BCUT2D eigenvalue weighted by molar-refractivity contribution is -0.115. The Morgan fingerprint density at radius 1 is 1.07 bits per heavy atom. The smallest absolute Gasteiger partial charge is 0.230 e. The zero-order valence-corrected chi connectivity index (χ0v) is 16.9. The van der Waals surface area contributed by atoms with Gasteiger partial charge in [0.05, 0.1) is 19.2 Å². The predicted molar refractivity (Wildman–Crippen MR) is 118 cm³/mol. The van der Waals surface area contributed by atoms with Gasteiger partial charge in [-0.05, 0) is 59.7 Å². The summed E-state index contributed by atoms with van der Waals surface area (Å²) in [5.74, 6) is 0.769. The molecule has 0 aliphatic heterocycles. The fourth-order valence-corrected chi connectivity index (χ4v) is 4.79. The largest absolute Gasteiger partial charge is 0.497 e. The van der Waals surface area contributed by atoms with Crippen molar-refractivity contribution in [3.8, 4) is 16.3 Å². The van der Waals surface area contributed by atoms with Crippen molar-refractivity contribution in [1.29, 1.82) is 0 Å². The summed E-state index contributed by atoms with van der Waals surface area (Å²) in [6.45, 7) is 0. The van der Waals surface area contributed by atoms with Gasteiger partial charge in [-0.15, -0.1) is 11.3 Å². The zero-order valence-electron chi connectivity index (χ0n) is 16.1. The summed E-state index contributed by atoms with van der Waals surface area (Å²) in [5, 5.41) is 8.38. The number of aromatic nitrogens is 1. The van der Waals surface area contributed by atoms with Gasteiger partial charge in [-0.25, -0.2) is 4.98 Å². The molecule has 0 radical (unpaired) electrons. The van der Waals surface area contributed by atoms with Crippen molar-refractivity contribution < 1.29 is 9.53 Å². The normalized spacial score (nSPS) is 12.3. The summed E-state index contributed by atoms with van der Waals surface area (Å²) >= 11 is 1.55. The first kappa shape index (κ1) is 17.9. The number of benzene rings is 3. The molecule has 0 atom stereocenters. The van der Waals surface area contributed by atoms with E-state index >= 15 is 0 Å². The fraction of sp³-hybridized carbons (Fsp3) is 0.167. The number of ether oxygens (including phenoxy) is 1. The number of anilines is 1. The number of thiazole rings is 1. The number of hydrogen-bond donors (Lipinski definition) is 1. The van der Waals surface area contributed by atoms with Crippen LogP contribution in [0, 0.1) is 0 Å². The van der Waals surface area contributed by atoms with Crippen molar-refractivity contribution >= 4 is 33.7 Å². The number of methoxy groups -OCH3 is 1. The minimum absolute atomic E-state index is 0.0460. The number of aryl methyl sites for hydroxylation is 2. The van der Waals surface area contributed by atoms with Crippen LogP contribution >= 0.6 is 11.3 Å². The Bertz CT molecular complexity index is 1200. The molecule has 3 aromatic carbocycles. The van der Waals surface area contributed by atoms with Crippen molar-refractivity contribution in [2.24, 2.45) is 0 Å². The number of hydrogen-bond acceptors (Lipinski definition) is 4. The molecule has 0 saturated carbocycles. The molecule has 5 heteroatoms. The number of amides is 1. The van der Waals surface area contributed by atoms with E-state index in [1.54, 1.807) is 18.4 Å². The Morgan fingerprint density at radius 2 is 1.86 bits per heavy atom. The van der Waals surface area contributed by atoms with Crippen LogP contribution in [0.15, 0.2) is 60.0 Å². The molecule has 29 heavy (non-hydrogen) atoms. The van der Waals surface area contributed by atoms with Crippen molar-refractivity contribution in [3.05, 3.63) is 76.8 Å². The third-order valence-corrected chi connectivity index (χ3v) is 6.32. The SMILES string of the molecule is COc1ccc(-c2nc(CC(=O)Nc3ccc4c5c(cccc35)CC4)cs2)cc1. The Kier molecular flexibility index (Phi) is 4.52. The molecule has 0 unspecified atom stereocenters. The lowest BCUT2D eigenvalue weighted by Gasteiger charge is -2.10. The van der Waals surface area contributed by atoms with Gasteiger partial charge in [0, 0.05) is 22.0 Å². The first-order chi connectivity index (χ1) is 14.2. The summed E-state index contributed by atoms with van der Waals surface area (Å²) in [5.41, 5.74) is 5.43. The summed E-state index contributed by atoms with van der Waals surface area (Å²) in [4.78, 5) is 17.3. The number of nitrogens with one attached hydrogen (secondary N) is 1. The Morgan fingerprint density at radius 3 is 2.66 bits per heavy atom. The van der Waals surface area contributed by atoms with Crippen LogP contribution in [0.5, 0.6) is 5.75 Å². The minimum Gasteiger partial charge on any atom is -0.497 e. The van der Waals surface area contributed by atoms with E-state index in [0.29, 0.717) is 0 Å². The van der Waals surface area contributed by atoms with Crippen LogP contribution in [0.25, 0.3) is 21.3 Å². The molecule has 5 rings (SSSR count). The second-order valence-corrected chi connectivity index (χ2v) is 8.07. The van der Waals surface area contributed by atoms with Crippen LogP contribution in [-0.2, 0) is 24.1 Å². The highest BCUT2D eigenvalue weighted by Crippen LogP contribution is 2.35. The maximum absolute atomic E-state index is 12.7. The standard InChI is InChI=1S/C24H20N2O2S/c1-28-19-10-7-17(8-11-19)24-25-18(14-29-24)13-22(27)26-21-12-9-16-6-5-15-3-2-4-20(21)23(15)16/h2-4,7-12,14H,5-6,13H2,1H3,(H,26,27). The first-order valence-corrected chi connectivity index (χ1v) is 10.5. The van der Waals surface area contributed by atoms with E-state index in [0.717, 1.165) is 45.9 Å². The molecule has 1 aliphatic carbocycles. The van der Waals surface area contributed by atoms with E-state index in [9.17, 15) is 4.79 Å². The molecule has 4 aromatic rings. The zero-order chi connectivity index (χ0) is 19.8. The molecule has 4 nitrogen and oxygen atoms in total. The first-order valence-electron chi connectivity index (χ1n) is 9.63. The van der Waals surface area contributed by atoms with Gasteiger partial charge < -0.3 is 10.1 Å². The number of nitrogens with zero attached hydrogens (tertiary/aromatic N) is 1. The summed E-state index contributed by atoms with van der Waals surface area (Å²) in [6.07, 6.45) is 2.42. The van der Waals surface area contributed by atoms with Crippen molar-refractivity contribution in [2.75, 3.05) is 12.4 Å². The second kappa shape index (κ2) is 7.33. The van der Waals surface area contributed by atoms with E-state index in [4.69, 9.17) is 4.74 Å². The van der Waals surface area contributed by atoms with Crippen LogP contribution in [0.1, 0.15) is 16.8 Å². The molecule has 1 heterocycles. The van der Waals surface area contributed by atoms with Gasteiger partial charge in [-0.2, -0.15) is 0 Å². The summed E-state index contributed by atoms with van der Waals surface area (Å²) in [6, 6.07) is 18.3. The van der Waals surface area contributed by atoms with Gasteiger partial charge in [0.25, 0.3) is 0 Å². The topological polar surface area (TPSA) is 51.2 Å². The number of carbonyl (C=O) groups is 1. The van der Waals surface area contributed by atoms with E-state index < -0.39 is 0 Å². The fourth-order valence-electron chi connectivity index (χ4n) is 3.97. The molecule has 0 bridgehead atoms. The molecular weight excluding hydrogens is 380 g/mol. The molecule has 1 aromatic heterocycles. The van der Waals surface area contributed by atoms with Gasteiger partial charge in [0.1, 0.15) is 10.8 Å². The van der Waals surface area contributed by atoms with Gasteiger partial charge >= 0.3 is 0 Å². The molecule has 1 N–H and O–H groups in total. The van der Waals surface area contributed by atoms with Crippen LogP contribution in [0.2, 0.25) is 0 Å². The highest BCUT2D eigenvalue weighted by Gasteiger charge is 2.17. The molecule has 1 aliphatic rings. The highest BCUT2D eigenvalue weighted by atomic mass is 32.1. The molecule has 144 valence electrons. The van der Waals surface area contributed by atoms with Crippen LogP contribution in [0.3, 0.4) is 0 Å². The predicted octanol–water partition coefficient (Wildman–Crippen LogP) is 5.25. The summed E-state index contributed by atoms with van der Waals surface area (Å²) in [7, 11) is 1.65. The maximum Gasteiger partial charge on any atom is 0.230 e. The van der Waals surface area contributed by atoms with Crippen molar-refractivity contribution in [1.82, 2.24) is 4.98 Å². The van der Waals surface area contributed by atoms with Crippen molar-refractivity contribution in [2.45, 2.75) is 19.3 Å². The Balaban J connectivity index is 1.33. The molecule has 1 amide bonds. The van der Waals surface area contributed by atoms with Crippen LogP contribution in [-0.4, -0.2) is 18.0 Å². The average Bonchev–Trinajstić information content (AvgIpc) is 3.38. The summed E-state index contributed by atoms with van der Waals surface area (Å²) < 4.78 is 5.20. The maximum atomic E-state index is 12.7. The monoisotopic (exact) mass is 400 g/mol. The molecular formula is C24H20N2O2S. The average molecular weight is 401 g/mol. The Labute approximate surface area is 173 Å². The highest BCUT2D eigenvalue weighted by molar-refractivity contribution is 7.13. The molecule has 0 spiro atoms. The van der Waals surface area contributed by atoms with Crippen molar-refractivity contribution in [3.63, 3.8) is 0 Å². The van der Waals surface area contributed by atoms with E-state index in [1.165, 1.54) is 16.5 Å². The van der Waals surface area contributed by atoms with Crippen LogP contribution in [0.4, 0.5) is 5.69 Å². The van der Waals surface area contributed by atoms with Gasteiger partial charge in [0.15, 0.2) is 0 Å². The van der Waals surface area contributed by atoms with Gasteiger partial charge in [0.2, 0.25) is 5.91 Å². The van der Waals surface area contributed by atoms with E-state index in [1.807, 2.05) is 35.7 Å². The van der Waals surface area contributed by atoms with Gasteiger partial charge in [-0.3, -0.25) is 4.79 Å². The lowest BCUT2D eigenvalue weighted by Crippen LogP contribution is -2.15. The molecule has 0 fully saturated rings. The lowest BCUT2D eigenvalue weighted by atomic mass is 10.0. The number of rotatable bonds is 5.